The van der Waals surface area contributed by atoms with Gasteiger partial charge in [-0.05, 0) is 41.9 Å². The van der Waals surface area contributed by atoms with Crippen LogP contribution in [0.5, 0.6) is 17.2 Å². The van der Waals surface area contributed by atoms with Crippen molar-refractivity contribution in [3.8, 4) is 17.2 Å². The third-order valence-corrected chi connectivity index (χ3v) is 5.67. The number of hydrogen-bond donors (Lipinski definition) is 1. The van der Waals surface area contributed by atoms with E-state index in [0.29, 0.717) is 18.0 Å². The van der Waals surface area contributed by atoms with Crippen molar-refractivity contribution < 1.29 is 19.2 Å². The topological polar surface area (TPSA) is 109 Å². The molecule has 0 spiro atoms. The minimum absolute atomic E-state index is 0.153. The van der Waals surface area contributed by atoms with Gasteiger partial charge in [-0.15, -0.1) is 0 Å². The van der Waals surface area contributed by atoms with E-state index in [1.807, 2.05) is 13.8 Å². The summed E-state index contributed by atoms with van der Waals surface area (Å²) in [6.07, 6.45) is 0.153. The molecule has 1 aromatic heterocycles. The smallest absolute Gasteiger partial charge is 0.275 e. The van der Waals surface area contributed by atoms with Crippen LogP contribution in [0, 0.1) is 24.0 Å². The summed E-state index contributed by atoms with van der Waals surface area (Å²) in [4.78, 5) is 23.2. The van der Waals surface area contributed by atoms with Gasteiger partial charge in [-0.3, -0.25) is 19.6 Å². The van der Waals surface area contributed by atoms with Crippen LogP contribution in [0.1, 0.15) is 17.8 Å². The zero-order valence-electron chi connectivity index (χ0n) is 17.2. The number of rotatable bonds is 8. The molecule has 3 aromatic rings. The van der Waals surface area contributed by atoms with Crippen LogP contribution < -0.4 is 14.8 Å². The fourth-order valence-electron chi connectivity index (χ4n) is 2.97. The molecule has 10 heteroatoms. The number of aromatic nitrogens is 2. The second-order valence-corrected chi connectivity index (χ2v) is 7.52. The lowest BCUT2D eigenvalue weighted by Crippen LogP contribution is -2.15. The Bertz CT molecular complexity index is 1130. The van der Waals surface area contributed by atoms with Crippen molar-refractivity contribution in [3.63, 3.8) is 0 Å². The van der Waals surface area contributed by atoms with Gasteiger partial charge in [-0.25, -0.2) is 0 Å². The van der Waals surface area contributed by atoms with E-state index in [0.717, 1.165) is 15.9 Å². The van der Waals surface area contributed by atoms with Gasteiger partial charge >= 0.3 is 0 Å². The number of anilines is 1. The summed E-state index contributed by atoms with van der Waals surface area (Å²) in [6, 6.07) is 11.0. The molecule has 9 nitrogen and oxygen atoms in total. The van der Waals surface area contributed by atoms with E-state index >= 15 is 0 Å². The monoisotopic (exact) mass is 488 g/mol. The first kappa shape index (κ1) is 22.3. The summed E-state index contributed by atoms with van der Waals surface area (Å²) in [5.74, 6) is 0.789. The molecule has 1 amide bonds. The van der Waals surface area contributed by atoms with Crippen molar-refractivity contribution in [3.05, 3.63) is 68.4 Å². The molecule has 162 valence electrons. The maximum absolute atomic E-state index is 12.4. The number of carbonyl (C=O) groups excluding carboxylic acids is 1. The Balaban J connectivity index is 1.76. The van der Waals surface area contributed by atoms with Gasteiger partial charge in [0, 0.05) is 24.2 Å². The van der Waals surface area contributed by atoms with E-state index in [9.17, 15) is 14.9 Å². The Morgan fingerprint density at radius 2 is 1.94 bits per heavy atom. The SMILES string of the molecule is COc1ccccc1Oc1cc(NC(=O)CCn2nc(C)c(Br)c2C)cc([N+](=O)[O-])c1. The highest BCUT2D eigenvalue weighted by Gasteiger charge is 2.15. The second kappa shape index (κ2) is 9.61. The van der Waals surface area contributed by atoms with Crippen LogP contribution in [0.2, 0.25) is 0 Å². The first-order chi connectivity index (χ1) is 14.8. The van der Waals surface area contributed by atoms with Crippen LogP contribution in [0.25, 0.3) is 0 Å². The first-order valence-corrected chi connectivity index (χ1v) is 10.2. The van der Waals surface area contributed by atoms with Gasteiger partial charge in [0.2, 0.25) is 5.91 Å². The Morgan fingerprint density at radius 1 is 1.23 bits per heavy atom. The van der Waals surface area contributed by atoms with E-state index < -0.39 is 4.92 Å². The quantitative estimate of drug-likeness (QED) is 0.352. The molecule has 2 aromatic carbocycles. The van der Waals surface area contributed by atoms with Gasteiger partial charge < -0.3 is 14.8 Å². The summed E-state index contributed by atoms with van der Waals surface area (Å²) in [7, 11) is 1.50. The van der Waals surface area contributed by atoms with E-state index in [-0.39, 0.29) is 29.5 Å². The molecule has 0 bridgehead atoms. The van der Waals surface area contributed by atoms with Crippen LogP contribution in [0.3, 0.4) is 0 Å². The molecule has 0 fully saturated rings. The number of aryl methyl sites for hydroxylation is 2. The van der Waals surface area contributed by atoms with Gasteiger partial charge in [-0.1, -0.05) is 12.1 Å². The summed E-state index contributed by atoms with van der Waals surface area (Å²) in [6.45, 7) is 4.16. The zero-order valence-corrected chi connectivity index (χ0v) is 18.8. The van der Waals surface area contributed by atoms with Crippen molar-refractivity contribution >= 4 is 33.2 Å². The number of amides is 1. The molecule has 3 rings (SSSR count). The van der Waals surface area contributed by atoms with Gasteiger partial charge in [0.25, 0.3) is 5.69 Å². The minimum atomic E-state index is -0.544. The van der Waals surface area contributed by atoms with E-state index in [1.165, 1.54) is 25.3 Å². The number of non-ortho nitro benzene ring substituents is 1. The number of para-hydroxylation sites is 2. The van der Waals surface area contributed by atoms with Crippen molar-refractivity contribution in [2.24, 2.45) is 0 Å². The average molecular weight is 489 g/mol. The van der Waals surface area contributed by atoms with Crippen molar-refractivity contribution in [2.75, 3.05) is 12.4 Å². The molecule has 1 N–H and O–H groups in total. The molecule has 0 radical (unpaired) electrons. The third-order valence-electron chi connectivity index (χ3n) is 4.53. The number of nitrogens with zero attached hydrogens (tertiary/aromatic N) is 3. The number of nitrogens with one attached hydrogen (secondary N) is 1. The molecule has 31 heavy (non-hydrogen) atoms. The molecule has 0 aliphatic heterocycles. The van der Waals surface area contributed by atoms with Crippen LogP contribution in [0.15, 0.2) is 46.9 Å². The Kier molecular flexibility index (Phi) is 6.91. The largest absolute Gasteiger partial charge is 0.493 e. The highest BCUT2D eigenvalue weighted by molar-refractivity contribution is 9.10. The second-order valence-electron chi connectivity index (χ2n) is 6.73. The predicted octanol–water partition coefficient (Wildman–Crippen LogP) is 5.00. The van der Waals surface area contributed by atoms with Crippen LogP contribution in [0.4, 0.5) is 11.4 Å². The Morgan fingerprint density at radius 3 is 2.55 bits per heavy atom. The predicted molar refractivity (Wildman–Crippen MR) is 119 cm³/mol. The van der Waals surface area contributed by atoms with Crippen molar-refractivity contribution in [1.82, 2.24) is 9.78 Å². The van der Waals surface area contributed by atoms with E-state index in [4.69, 9.17) is 9.47 Å². The first-order valence-electron chi connectivity index (χ1n) is 9.38. The van der Waals surface area contributed by atoms with Gasteiger partial charge in [0.1, 0.15) is 5.75 Å². The number of methoxy groups -OCH3 is 1. The summed E-state index contributed by atoms with van der Waals surface area (Å²) in [5, 5.41) is 18.4. The van der Waals surface area contributed by atoms with Gasteiger partial charge in [-0.2, -0.15) is 5.10 Å². The highest BCUT2D eigenvalue weighted by atomic mass is 79.9. The number of halogens is 1. The lowest BCUT2D eigenvalue weighted by Gasteiger charge is -2.12. The van der Waals surface area contributed by atoms with Crippen LogP contribution >= 0.6 is 15.9 Å². The number of hydrogen-bond acceptors (Lipinski definition) is 6. The van der Waals surface area contributed by atoms with E-state index in [1.54, 1.807) is 28.9 Å². The zero-order chi connectivity index (χ0) is 22.5. The Hall–Kier alpha value is -3.40. The molecular weight excluding hydrogens is 468 g/mol. The molecule has 0 aliphatic rings. The van der Waals surface area contributed by atoms with Gasteiger partial charge in [0.15, 0.2) is 11.5 Å². The number of nitro groups is 1. The molecule has 0 atom stereocenters. The van der Waals surface area contributed by atoms with Crippen molar-refractivity contribution in [2.45, 2.75) is 26.8 Å². The molecule has 0 saturated carbocycles. The van der Waals surface area contributed by atoms with Gasteiger partial charge in [0.05, 0.1) is 40.5 Å². The molecule has 0 saturated heterocycles. The minimum Gasteiger partial charge on any atom is -0.493 e. The summed E-state index contributed by atoms with van der Waals surface area (Å²) in [5.41, 5.74) is 1.83. The summed E-state index contributed by atoms with van der Waals surface area (Å²) < 4.78 is 13.7. The average Bonchev–Trinajstić information content (AvgIpc) is 2.99. The number of carbonyl (C=O) groups is 1. The number of benzene rings is 2. The molecule has 1 heterocycles. The normalized spacial score (nSPS) is 10.6. The lowest BCUT2D eigenvalue weighted by molar-refractivity contribution is -0.384. The number of ether oxygens (including phenoxy) is 2. The standard InChI is InChI=1S/C21H21BrN4O5/c1-13-21(22)14(2)25(24-13)9-8-20(27)23-15-10-16(26(28)29)12-17(11-15)31-19-7-5-4-6-18(19)30-3/h4-7,10-12H,8-9H2,1-3H3,(H,23,27). The third kappa shape index (κ3) is 5.40. The maximum Gasteiger partial charge on any atom is 0.275 e. The molecular formula is C21H21BrN4O5. The van der Waals surface area contributed by atoms with Crippen LogP contribution in [-0.2, 0) is 11.3 Å². The fourth-order valence-corrected chi connectivity index (χ4v) is 3.26. The lowest BCUT2D eigenvalue weighted by atomic mass is 10.2. The molecule has 0 aliphatic carbocycles. The molecule has 0 unspecified atom stereocenters. The summed E-state index contributed by atoms with van der Waals surface area (Å²) >= 11 is 3.46. The van der Waals surface area contributed by atoms with Crippen LogP contribution in [-0.4, -0.2) is 27.7 Å². The maximum atomic E-state index is 12.4. The van der Waals surface area contributed by atoms with E-state index in [2.05, 4.69) is 26.3 Å². The van der Waals surface area contributed by atoms with Crippen molar-refractivity contribution in [1.29, 1.82) is 0 Å². The number of nitro benzene ring substituents is 1. The highest BCUT2D eigenvalue weighted by Crippen LogP contribution is 2.34. The fraction of sp³-hybridized carbons (Fsp3) is 0.238. The Labute approximate surface area is 187 Å².